The first-order chi connectivity index (χ1) is 8.88. The fourth-order valence-electron chi connectivity index (χ4n) is 3.22. The summed E-state index contributed by atoms with van der Waals surface area (Å²) in [6, 6.07) is 6.99. The minimum Gasteiger partial charge on any atom is -0.394 e. The van der Waals surface area contributed by atoms with Gasteiger partial charge in [0.2, 0.25) is 0 Å². The van der Waals surface area contributed by atoms with Gasteiger partial charge in [0.25, 0.3) is 0 Å². The number of nitrogens with one attached hydrogen (secondary N) is 1. The Labute approximate surface area is 109 Å². The molecule has 1 aromatic carbocycles. The van der Waals surface area contributed by atoms with Crippen LogP contribution in [0.1, 0.15) is 29.2 Å². The molecule has 2 N–H and O–H groups in total. The number of benzene rings is 1. The summed E-state index contributed by atoms with van der Waals surface area (Å²) < 4.78 is 0. The molecule has 0 spiro atoms. The van der Waals surface area contributed by atoms with E-state index in [0.717, 1.165) is 26.2 Å². The van der Waals surface area contributed by atoms with Gasteiger partial charge in [0, 0.05) is 26.2 Å². The Balaban J connectivity index is 1.82. The number of aliphatic hydroxyl groups is 1. The lowest BCUT2D eigenvalue weighted by atomic mass is 10.00. The van der Waals surface area contributed by atoms with Crippen molar-refractivity contribution in [2.45, 2.75) is 25.3 Å². The van der Waals surface area contributed by atoms with Gasteiger partial charge in [-0.3, -0.25) is 4.90 Å². The molecule has 2 aliphatic rings. The third kappa shape index (κ3) is 2.30. The van der Waals surface area contributed by atoms with E-state index in [4.69, 9.17) is 0 Å². The monoisotopic (exact) mass is 246 g/mol. The standard InChI is InChI=1S/C15H22N2O/c18-11-15(17-8-6-16-7-9-17)14-5-4-12-2-1-3-13(12)10-14/h4-5,10,15-16,18H,1-3,6-9,11H2. The average Bonchev–Trinajstić information content (AvgIpc) is 2.88. The van der Waals surface area contributed by atoms with Gasteiger partial charge in [0.15, 0.2) is 0 Å². The van der Waals surface area contributed by atoms with Gasteiger partial charge >= 0.3 is 0 Å². The second-order valence-electron chi connectivity index (χ2n) is 5.37. The lowest BCUT2D eigenvalue weighted by molar-refractivity contribution is 0.111. The zero-order chi connectivity index (χ0) is 12.4. The molecule has 3 heteroatoms. The van der Waals surface area contributed by atoms with Crippen molar-refractivity contribution in [1.29, 1.82) is 0 Å². The fraction of sp³-hybridized carbons (Fsp3) is 0.600. The highest BCUT2D eigenvalue weighted by molar-refractivity contribution is 5.36. The third-order valence-electron chi connectivity index (χ3n) is 4.27. The van der Waals surface area contributed by atoms with Gasteiger partial charge in [-0.15, -0.1) is 0 Å². The smallest absolute Gasteiger partial charge is 0.0628 e. The number of hydrogen-bond donors (Lipinski definition) is 2. The molecule has 0 aromatic heterocycles. The van der Waals surface area contributed by atoms with Crippen molar-refractivity contribution >= 4 is 0 Å². The SMILES string of the molecule is OCC(c1ccc2c(c1)CCC2)N1CCNCC1. The maximum Gasteiger partial charge on any atom is 0.0628 e. The Kier molecular flexibility index (Phi) is 3.64. The fourth-order valence-corrected chi connectivity index (χ4v) is 3.22. The van der Waals surface area contributed by atoms with Crippen LogP contribution in [-0.2, 0) is 12.8 Å². The molecule has 0 radical (unpaired) electrons. The van der Waals surface area contributed by atoms with E-state index in [0.29, 0.717) is 0 Å². The average molecular weight is 246 g/mol. The van der Waals surface area contributed by atoms with Crippen molar-refractivity contribution in [2.24, 2.45) is 0 Å². The highest BCUT2D eigenvalue weighted by Gasteiger charge is 2.22. The minimum absolute atomic E-state index is 0.179. The second kappa shape index (κ2) is 5.39. The van der Waals surface area contributed by atoms with Crippen molar-refractivity contribution in [3.8, 4) is 0 Å². The molecule has 1 aliphatic carbocycles. The molecular formula is C15H22N2O. The van der Waals surface area contributed by atoms with Gasteiger partial charge in [-0.2, -0.15) is 0 Å². The number of nitrogens with zero attached hydrogens (tertiary/aromatic N) is 1. The molecule has 1 saturated heterocycles. The first kappa shape index (κ1) is 12.2. The van der Waals surface area contributed by atoms with Gasteiger partial charge in [0.1, 0.15) is 0 Å². The summed E-state index contributed by atoms with van der Waals surface area (Å²) in [4.78, 5) is 2.40. The third-order valence-corrected chi connectivity index (χ3v) is 4.27. The predicted molar refractivity (Wildman–Crippen MR) is 72.7 cm³/mol. The van der Waals surface area contributed by atoms with Gasteiger partial charge in [0.05, 0.1) is 12.6 Å². The molecule has 3 rings (SSSR count). The zero-order valence-corrected chi connectivity index (χ0v) is 10.9. The highest BCUT2D eigenvalue weighted by Crippen LogP contribution is 2.27. The molecule has 1 unspecified atom stereocenters. The van der Waals surface area contributed by atoms with Crippen LogP contribution >= 0.6 is 0 Å². The van der Waals surface area contributed by atoms with Crippen LogP contribution in [-0.4, -0.2) is 42.8 Å². The Hall–Kier alpha value is -0.900. The molecular weight excluding hydrogens is 224 g/mol. The molecule has 3 nitrogen and oxygen atoms in total. The van der Waals surface area contributed by atoms with Crippen molar-refractivity contribution in [3.63, 3.8) is 0 Å². The largest absolute Gasteiger partial charge is 0.394 e. The van der Waals surface area contributed by atoms with Gasteiger partial charge in [-0.25, -0.2) is 0 Å². The van der Waals surface area contributed by atoms with E-state index in [9.17, 15) is 5.11 Å². The van der Waals surface area contributed by atoms with E-state index < -0.39 is 0 Å². The van der Waals surface area contributed by atoms with Crippen LogP contribution in [0.2, 0.25) is 0 Å². The Bertz CT molecular complexity index is 413. The number of aryl methyl sites for hydroxylation is 2. The van der Waals surface area contributed by atoms with E-state index >= 15 is 0 Å². The summed E-state index contributed by atoms with van der Waals surface area (Å²) in [5, 5.41) is 13.1. The van der Waals surface area contributed by atoms with E-state index in [-0.39, 0.29) is 12.6 Å². The van der Waals surface area contributed by atoms with Crippen LogP contribution in [0.15, 0.2) is 18.2 Å². The van der Waals surface area contributed by atoms with Crippen molar-refractivity contribution < 1.29 is 5.11 Å². The molecule has 0 saturated carbocycles. The van der Waals surface area contributed by atoms with Crippen LogP contribution in [0.3, 0.4) is 0 Å². The minimum atomic E-state index is 0.179. The highest BCUT2D eigenvalue weighted by atomic mass is 16.3. The van der Waals surface area contributed by atoms with Crippen LogP contribution in [0.5, 0.6) is 0 Å². The Morgan fingerprint density at radius 3 is 2.72 bits per heavy atom. The maximum absolute atomic E-state index is 9.72. The molecule has 0 bridgehead atoms. The van der Waals surface area contributed by atoms with Gasteiger partial charge in [-0.05, 0) is 36.0 Å². The summed E-state index contributed by atoms with van der Waals surface area (Å²) in [5.41, 5.74) is 4.30. The van der Waals surface area contributed by atoms with Crippen molar-refractivity contribution in [3.05, 3.63) is 34.9 Å². The second-order valence-corrected chi connectivity index (χ2v) is 5.37. The van der Waals surface area contributed by atoms with E-state index in [1.807, 2.05) is 0 Å². The first-order valence-corrected chi connectivity index (χ1v) is 7.06. The molecule has 98 valence electrons. The lowest BCUT2D eigenvalue weighted by Crippen LogP contribution is -2.46. The first-order valence-electron chi connectivity index (χ1n) is 7.06. The molecule has 1 atom stereocenters. The van der Waals surface area contributed by atoms with E-state index in [1.165, 1.54) is 36.0 Å². The van der Waals surface area contributed by atoms with E-state index in [1.54, 1.807) is 0 Å². The van der Waals surface area contributed by atoms with Gasteiger partial charge < -0.3 is 10.4 Å². The summed E-state index contributed by atoms with van der Waals surface area (Å²) >= 11 is 0. The lowest BCUT2D eigenvalue weighted by Gasteiger charge is -2.34. The predicted octanol–water partition coefficient (Wildman–Crippen LogP) is 1.11. The number of aliphatic hydroxyl groups excluding tert-OH is 1. The van der Waals surface area contributed by atoms with Crippen LogP contribution in [0.25, 0.3) is 0 Å². The van der Waals surface area contributed by atoms with Crippen molar-refractivity contribution in [1.82, 2.24) is 10.2 Å². The normalized spacial score (nSPS) is 21.8. The number of piperazine rings is 1. The maximum atomic E-state index is 9.72. The van der Waals surface area contributed by atoms with Crippen LogP contribution in [0.4, 0.5) is 0 Å². The van der Waals surface area contributed by atoms with Gasteiger partial charge in [-0.1, -0.05) is 18.2 Å². The van der Waals surface area contributed by atoms with Crippen LogP contribution in [0, 0.1) is 0 Å². The molecule has 1 aliphatic heterocycles. The molecule has 1 heterocycles. The van der Waals surface area contributed by atoms with E-state index in [2.05, 4.69) is 28.4 Å². The van der Waals surface area contributed by atoms with Crippen molar-refractivity contribution in [2.75, 3.05) is 32.8 Å². The Morgan fingerprint density at radius 1 is 1.17 bits per heavy atom. The summed E-state index contributed by atoms with van der Waals surface area (Å²) in [6.45, 7) is 4.34. The number of fused-ring (bicyclic) bond motifs is 1. The molecule has 18 heavy (non-hydrogen) atoms. The topological polar surface area (TPSA) is 35.5 Å². The summed E-state index contributed by atoms with van der Waals surface area (Å²) in [6.07, 6.45) is 3.73. The number of hydrogen-bond acceptors (Lipinski definition) is 3. The molecule has 1 fully saturated rings. The Morgan fingerprint density at radius 2 is 1.94 bits per heavy atom. The quantitative estimate of drug-likeness (QED) is 0.839. The molecule has 1 aromatic rings. The zero-order valence-electron chi connectivity index (χ0n) is 10.9. The van der Waals surface area contributed by atoms with Crippen LogP contribution < -0.4 is 5.32 Å². The molecule has 0 amide bonds. The summed E-state index contributed by atoms with van der Waals surface area (Å²) in [7, 11) is 0. The number of rotatable bonds is 3. The summed E-state index contributed by atoms with van der Waals surface area (Å²) in [5.74, 6) is 0.